The average Bonchev–Trinajstić information content (AvgIpc) is 3.21. The Morgan fingerprint density at radius 3 is 2.92 bits per heavy atom. The minimum atomic E-state index is -3.70. The summed E-state index contributed by atoms with van der Waals surface area (Å²) in [6.45, 7) is 0.566. The number of oxazole rings is 1. The molecular weight excluding hydrogens is 360 g/mol. The second kappa shape index (κ2) is 6.22. The van der Waals surface area contributed by atoms with E-state index in [1.165, 1.54) is 52.7 Å². The van der Waals surface area contributed by atoms with Gasteiger partial charge in [-0.2, -0.15) is 4.31 Å². The number of benzene rings is 1. The zero-order valence-corrected chi connectivity index (χ0v) is 14.7. The average molecular weight is 376 g/mol. The van der Waals surface area contributed by atoms with Crippen LogP contribution in [-0.2, 0) is 17.1 Å². The highest BCUT2D eigenvalue weighted by Gasteiger charge is 2.34. The minimum absolute atomic E-state index is 0.113. The molecule has 1 aliphatic rings. The first-order valence-corrected chi connectivity index (χ1v) is 9.41. The summed E-state index contributed by atoms with van der Waals surface area (Å²) in [6.07, 6.45) is 4.82. The smallest absolute Gasteiger partial charge is 0.419 e. The van der Waals surface area contributed by atoms with Crippen LogP contribution < -0.4 is 10.5 Å². The summed E-state index contributed by atoms with van der Waals surface area (Å²) < 4.78 is 39.2. The van der Waals surface area contributed by atoms with Crippen LogP contribution >= 0.6 is 0 Å². The Morgan fingerprint density at radius 2 is 2.15 bits per heavy atom. The molecule has 0 unspecified atom stereocenters. The lowest BCUT2D eigenvalue weighted by Crippen LogP contribution is -2.31. The van der Waals surface area contributed by atoms with E-state index in [1.54, 1.807) is 0 Å². The van der Waals surface area contributed by atoms with Crippen molar-refractivity contribution in [2.24, 2.45) is 7.05 Å². The van der Waals surface area contributed by atoms with Crippen molar-refractivity contribution in [3.63, 3.8) is 0 Å². The lowest BCUT2D eigenvalue weighted by molar-refractivity contribution is 0.206. The van der Waals surface area contributed by atoms with Crippen LogP contribution in [0.4, 0.5) is 0 Å². The first-order valence-electron chi connectivity index (χ1n) is 7.97. The van der Waals surface area contributed by atoms with Gasteiger partial charge < -0.3 is 9.15 Å². The third-order valence-corrected chi connectivity index (χ3v) is 6.20. The number of aromatic nitrogens is 3. The predicted molar refractivity (Wildman–Crippen MR) is 91.3 cm³/mol. The number of sulfonamides is 1. The van der Waals surface area contributed by atoms with E-state index < -0.39 is 15.8 Å². The zero-order chi connectivity index (χ0) is 18.3. The van der Waals surface area contributed by atoms with Gasteiger partial charge in [-0.1, -0.05) is 0 Å². The maximum absolute atomic E-state index is 12.9. The maximum Gasteiger partial charge on any atom is 0.419 e. The van der Waals surface area contributed by atoms with Gasteiger partial charge in [-0.15, -0.1) is 0 Å². The second-order valence-corrected chi connectivity index (χ2v) is 7.93. The molecule has 4 rings (SSSR count). The molecule has 0 amide bonds. The fourth-order valence-electron chi connectivity index (χ4n) is 2.95. The highest BCUT2D eigenvalue weighted by Crippen LogP contribution is 2.25. The SMILES string of the molecule is Cn1c(=O)oc2ccc(S(=O)(=O)N3CC[C@@H](Oc4cnccn4)C3)cc21. The quantitative estimate of drug-likeness (QED) is 0.661. The van der Waals surface area contributed by atoms with Crippen molar-refractivity contribution in [1.29, 1.82) is 0 Å². The Morgan fingerprint density at radius 1 is 1.31 bits per heavy atom. The highest BCUT2D eigenvalue weighted by molar-refractivity contribution is 7.89. The van der Waals surface area contributed by atoms with Crippen molar-refractivity contribution in [2.45, 2.75) is 17.4 Å². The van der Waals surface area contributed by atoms with Gasteiger partial charge in [-0.05, 0) is 24.6 Å². The summed E-state index contributed by atoms with van der Waals surface area (Å²) in [5.41, 5.74) is 0.782. The topological polar surface area (TPSA) is 108 Å². The molecule has 1 aromatic carbocycles. The van der Waals surface area contributed by atoms with E-state index in [0.717, 1.165) is 0 Å². The predicted octanol–water partition coefficient (Wildman–Crippen LogP) is 0.763. The molecule has 1 saturated heterocycles. The number of aryl methyl sites for hydroxylation is 1. The van der Waals surface area contributed by atoms with E-state index in [-0.39, 0.29) is 17.5 Å². The van der Waals surface area contributed by atoms with Crippen LogP contribution in [0.2, 0.25) is 0 Å². The van der Waals surface area contributed by atoms with Gasteiger partial charge in [0.05, 0.1) is 23.2 Å². The molecule has 0 radical (unpaired) electrons. The van der Waals surface area contributed by atoms with Gasteiger partial charge in [0.25, 0.3) is 0 Å². The Labute approximate surface area is 148 Å². The molecule has 0 aliphatic carbocycles. The standard InChI is InChI=1S/C16H16N4O5S/c1-19-13-8-12(2-3-14(13)25-16(19)21)26(22,23)20-7-4-11(10-20)24-15-9-17-5-6-18-15/h2-3,5-6,8-9,11H,4,7,10H2,1H3/t11-/m1/s1. The fourth-order valence-corrected chi connectivity index (χ4v) is 4.45. The van der Waals surface area contributed by atoms with E-state index in [9.17, 15) is 13.2 Å². The van der Waals surface area contributed by atoms with Crippen LogP contribution in [-0.4, -0.2) is 46.5 Å². The number of nitrogens with zero attached hydrogens (tertiary/aromatic N) is 4. The Bertz CT molecular complexity index is 1110. The fraction of sp³-hybridized carbons (Fsp3) is 0.312. The van der Waals surface area contributed by atoms with Crippen molar-refractivity contribution < 1.29 is 17.6 Å². The van der Waals surface area contributed by atoms with Crippen LogP contribution in [0.3, 0.4) is 0 Å². The number of hydrogen-bond acceptors (Lipinski definition) is 7. The first-order chi connectivity index (χ1) is 12.4. The zero-order valence-electron chi connectivity index (χ0n) is 13.9. The van der Waals surface area contributed by atoms with Gasteiger partial charge in [0.1, 0.15) is 6.10 Å². The summed E-state index contributed by atoms with van der Waals surface area (Å²) in [5.74, 6) is -0.167. The molecule has 0 spiro atoms. The Balaban J connectivity index is 1.57. The molecule has 2 aromatic heterocycles. The van der Waals surface area contributed by atoms with Crippen LogP contribution in [0, 0.1) is 0 Å². The molecule has 9 nitrogen and oxygen atoms in total. The number of hydrogen-bond donors (Lipinski definition) is 0. The monoisotopic (exact) mass is 376 g/mol. The van der Waals surface area contributed by atoms with Crippen LogP contribution in [0.1, 0.15) is 6.42 Å². The van der Waals surface area contributed by atoms with E-state index in [1.807, 2.05) is 0 Å². The number of ether oxygens (including phenoxy) is 1. The molecule has 0 bridgehead atoms. The van der Waals surface area contributed by atoms with Crippen molar-refractivity contribution in [3.8, 4) is 5.88 Å². The molecule has 1 fully saturated rings. The van der Waals surface area contributed by atoms with Gasteiger partial charge in [-0.25, -0.2) is 18.2 Å². The largest absolute Gasteiger partial charge is 0.472 e. The van der Waals surface area contributed by atoms with E-state index >= 15 is 0 Å². The third kappa shape index (κ3) is 2.86. The molecular formula is C16H16N4O5S. The molecule has 10 heteroatoms. The van der Waals surface area contributed by atoms with Crippen LogP contribution in [0.25, 0.3) is 11.1 Å². The molecule has 1 aliphatic heterocycles. The summed E-state index contributed by atoms with van der Waals surface area (Å²) in [7, 11) is -2.17. The van der Waals surface area contributed by atoms with Crippen molar-refractivity contribution in [1.82, 2.24) is 18.8 Å². The maximum atomic E-state index is 12.9. The molecule has 3 aromatic rings. The highest BCUT2D eigenvalue weighted by atomic mass is 32.2. The molecule has 0 N–H and O–H groups in total. The molecule has 0 saturated carbocycles. The third-order valence-electron chi connectivity index (χ3n) is 4.34. The lowest BCUT2D eigenvalue weighted by Gasteiger charge is -2.17. The number of rotatable bonds is 4. The summed E-state index contributed by atoms with van der Waals surface area (Å²) in [4.78, 5) is 19.7. The van der Waals surface area contributed by atoms with Gasteiger partial charge in [0.15, 0.2) is 5.58 Å². The molecule has 136 valence electrons. The van der Waals surface area contributed by atoms with E-state index in [0.29, 0.717) is 29.9 Å². The second-order valence-electron chi connectivity index (χ2n) is 5.99. The van der Waals surface area contributed by atoms with Crippen LogP contribution in [0.5, 0.6) is 5.88 Å². The number of fused-ring (bicyclic) bond motifs is 1. The Kier molecular flexibility index (Phi) is 4.00. The minimum Gasteiger partial charge on any atom is -0.472 e. The van der Waals surface area contributed by atoms with Crippen molar-refractivity contribution in [2.75, 3.05) is 13.1 Å². The van der Waals surface area contributed by atoms with Gasteiger partial charge in [-0.3, -0.25) is 9.55 Å². The lowest BCUT2D eigenvalue weighted by atomic mass is 10.3. The van der Waals surface area contributed by atoms with E-state index in [2.05, 4.69) is 9.97 Å². The summed E-state index contributed by atoms with van der Waals surface area (Å²) in [6, 6.07) is 4.39. The van der Waals surface area contributed by atoms with Gasteiger partial charge in [0, 0.05) is 26.0 Å². The van der Waals surface area contributed by atoms with Crippen LogP contribution in [0.15, 0.2) is 50.9 Å². The summed E-state index contributed by atoms with van der Waals surface area (Å²) >= 11 is 0. The Hall–Kier alpha value is -2.72. The van der Waals surface area contributed by atoms with Gasteiger partial charge in [0.2, 0.25) is 15.9 Å². The van der Waals surface area contributed by atoms with Crippen molar-refractivity contribution >= 4 is 21.1 Å². The first kappa shape index (κ1) is 16.7. The normalized spacial score (nSPS) is 18.4. The molecule has 1 atom stereocenters. The molecule has 3 heterocycles. The summed E-state index contributed by atoms with van der Waals surface area (Å²) in [5, 5.41) is 0. The van der Waals surface area contributed by atoms with Crippen molar-refractivity contribution in [3.05, 3.63) is 47.3 Å². The van der Waals surface area contributed by atoms with Gasteiger partial charge >= 0.3 is 5.76 Å². The van der Waals surface area contributed by atoms with E-state index in [4.69, 9.17) is 9.15 Å². The molecule has 26 heavy (non-hydrogen) atoms.